The van der Waals surface area contributed by atoms with E-state index in [0.717, 1.165) is 23.7 Å². The average molecular weight is 527 g/mol. The van der Waals surface area contributed by atoms with Crippen LogP contribution in [0.25, 0.3) is 0 Å². The maximum atomic E-state index is 12.5. The van der Waals surface area contributed by atoms with E-state index in [4.69, 9.17) is 9.47 Å². The van der Waals surface area contributed by atoms with E-state index in [-0.39, 0.29) is 25.0 Å². The van der Waals surface area contributed by atoms with Crippen LogP contribution in [0, 0.1) is 24.2 Å². The Morgan fingerprint density at radius 1 is 1.11 bits per heavy atom. The highest BCUT2D eigenvalue weighted by Gasteiger charge is 2.16. The van der Waals surface area contributed by atoms with Gasteiger partial charge in [-0.2, -0.15) is 9.64 Å². The fraction of sp³-hybridized carbons (Fsp3) is 0.320. The van der Waals surface area contributed by atoms with Gasteiger partial charge < -0.3 is 19.7 Å². The lowest BCUT2D eigenvalue weighted by Gasteiger charge is -2.26. The molecule has 12 heteroatoms. The number of ether oxygens (including phenoxy) is 2. The van der Waals surface area contributed by atoms with Gasteiger partial charge in [-0.25, -0.2) is 9.59 Å². The molecule has 1 aromatic heterocycles. The molecule has 2 rings (SSSR count). The monoisotopic (exact) mass is 526 g/mol. The Hall–Kier alpha value is -4.37. The summed E-state index contributed by atoms with van der Waals surface area (Å²) in [7, 11) is 0. The lowest BCUT2D eigenvalue weighted by Crippen LogP contribution is -2.32. The number of rotatable bonds is 14. The number of carbonyl (C=O) groups excluding carboxylic acids is 3. The van der Waals surface area contributed by atoms with E-state index < -0.39 is 11.9 Å². The fourth-order valence-electron chi connectivity index (χ4n) is 2.93. The third-order valence-electron chi connectivity index (χ3n) is 4.98. The number of aromatic nitrogens is 1. The van der Waals surface area contributed by atoms with Crippen molar-refractivity contribution in [1.82, 2.24) is 4.37 Å². The Balaban J connectivity index is 2.31. The number of aryl methyl sites for hydroxylation is 1. The van der Waals surface area contributed by atoms with Crippen LogP contribution < -0.4 is 21.1 Å². The predicted octanol–water partition coefficient (Wildman–Crippen LogP) is 3.62. The third-order valence-corrected chi connectivity index (χ3v) is 5.83. The number of nitrogens with one attached hydrogen (secondary N) is 3. The first kappa shape index (κ1) is 28.9. The van der Waals surface area contributed by atoms with Crippen molar-refractivity contribution in [3.63, 3.8) is 0 Å². The molecule has 0 saturated carbocycles. The van der Waals surface area contributed by atoms with Crippen molar-refractivity contribution >= 4 is 51.4 Å². The van der Waals surface area contributed by atoms with Crippen molar-refractivity contribution in [3.8, 4) is 6.07 Å². The molecule has 3 N–H and O–H groups in total. The van der Waals surface area contributed by atoms with Gasteiger partial charge in [0, 0.05) is 23.8 Å². The number of anilines is 4. The molecule has 0 fully saturated rings. The highest BCUT2D eigenvalue weighted by atomic mass is 32.1. The first-order chi connectivity index (χ1) is 17.7. The highest BCUT2D eigenvalue weighted by Crippen LogP contribution is 2.30. The average Bonchev–Trinajstić information content (AvgIpc) is 3.25. The van der Waals surface area contributed by atoms with E-state index in [1.54, 1.807) is 39.0 Å². The summed E-state index contributed by atoms with van der Waals surface area (Å²) in [6.45, 7) is 12.8. The second-order valence-electron chi connectivity index (χ2n) is 7.94. The van der Waals surface area contributed by atoms with Crippen molar-refractivity contribution < 1.29 is 23.9 Å². The molecule has 0 radical (unpaired) electrons. The number of nitriles is 1. The third kappa shape index (κ3) is 8.66. The Morgan fingerprint density at radius 3 is 2.27 bits per heavy atom. The van der Waals surface area contributed by atoms with Crippen LogP contribution in [0.2, 0.25) is 0 Å². The van der Waals surface area contributed by atoms with E-state index >= 15 is 0 Å². The number of hydrogen-bond acceptors (Lipinski definition) is 11. The molecular weight excluding hydrogens is 496 g/mol. The number of carbonyl (C=O) groups is 3. The minimum Gasteiger partial charge on any atom is -0.461 e. The van der Waals surface area contributed by atoms with Gasteiger partial charge in [-0.15, -0.1) is 0 Å². The van der Waals surface area contributed by atoms with Gasteiger partial charge in [-0.05, 0) is 36.7 Å². The van der Waals surface area contributed by atoms with Gasteiger partial charge in [-0.1, -0.05) is 27.0 Å². The van der Waals surface area contributed by atoms with Crippen molar-refractivity contribution in [2.75, 3.05) is 47.4 Å². The standard InChI is InChI=1S/C25H30N6O5S/c1-6-22(32)35-12-10-31(11-13-36-23(33)7-2)18-8-9-20(21(14-18)27-24(34)16(3)4)28-29-25-19(15-26)17(5)30-37-25/h6-9,14,16,28-29H,1-2,10-13H2,3-5H3,(H,27,34). The van der Waals surface area contributed by atoms with E-state index in [1.807, 2.05) is 4.90 Å². The zero-order valence-electron chi connectivity index (χ0n) is 21.0. The maximum Gasteiger partial charge on any atom is 0.330 e. The Kier molecular flexibility index (Phi) is 11.1. The number of hydrogen-bond donors (Lipinski definition) is 3. The van der Waals surface area contributed by atoms with Gasteiger partial charge in [0.1, 0.15) is 29.8 Å². The zero-order chi connectivity index (χ0) is 27.4. The Bertz CT molecular complexity index is 1160. The second-order valence-corrected chi connectivity index (χ2v) is 8.71. The lowest BCUT2D eigenvalue weighted by atomic mass is 10.1. The van der Waals surface area contributed by atoms with Gasteiger partial charge in [0.25, 0.3) is 0 Å². The van der Waals surface area contributed by atoms with Crippen molar-refractivity contribution in [3.05, 3.63) is 54.8 Å². The number of nitrogens with zero attached hydrogens (tertiary/aromatic N) is 3. The first-order valence-electron chi connectivity index (χ1n) is 11.4. The molecule has 2 aromatic rings. The molecule has 1 amide bonds. The van der Waals surface area contributed by atoms with E-state index in [1.165, 1.54) is 0 Å². The van der Waals surface area contributed by atoms with Crippen LogP contribution in [-0.2, 0) is 23.9 Å². The van der Waals surface area contributed by atoms with Crippen LogP contribution in [0.3, 0.4) is 0 Å². The molecule has 1 heterocycles. The summed E-state index contributed by atoms with van der Waals surface area (Å²) in [6.07, 6.45) is 2.15. The number of benzene rings is 1. The number of esters is 2. The van der Waals surface area contributed by atoms with Gasteiger partial charge in [-0.3, -0.25) is 15.6 Å². The number of hydrazine groups is 1. The number of amides is 1. The first-order valence-corrected chi connectivity index (χ1v) is 12.1. The summed E-state index contributed by atoms with van der Waals surface area (Å²) in [4.78, 5) is 37.3. The largest absolute Gasteiger partial charge is 0.461 e. The van der Waals surface area contributed by atoms with Gasteiger partial charge >= 0.3 is 11.9 Å². The van der Waals surface area contributed by atoms with Crippen molar-refractivity contribution in [2.24, 2.45) is 5.92 Å². The van der Waals surface area contributed by atoms with Crippen LogP contribution in [-0.4, -0.2) is 48.5 Å². The second kappa shape index (κ2) is 14.3. The van der Waals surface area contributed by atoms with E-state index in [2.05, 4.69) is 39.8 Å². The fourth-order valence-corrected chi connectivity index (χ4v) is 3.63. The maximum absolute atomic E-state index is 12.5. The minimum absolute atomic E-state index is 0.0666. The molecule has 0 spiro atoms. The zero-order valence-corrected chi connectivity index (χ0v) is 21.8. The summed E-state index contributed by atoms with van der Waals surface area (Å²) < 4.78 is 14.4. The van der Waals surface area contributed by atoms with Gasteiger partial charge in [0.05, 0.1) is 30.2 Å². The molecule has 0 aliphatic rings. The normalized spacial score (nSPS) is 10.1. The predicted molar refractivity (Wildman–Crippen MR) is 143 cm³/mol. The molecule has 11 nitrogen and oxygen atoms in total. The summed E-state index contributed by atoms with van der Waals surface area (Å²) in [5.74, 6) is -1.57. The smallest absolute Gasteiger partial charge is 0.330 e. The molecule has 37 heavy (non-hydrogen) atoms. The van der Waals surface area contributed by atoms with Crippen LogP contribution in [0.1, 0.15) is 25.1 Å². The highest BCUT2D eigenvalue weighted by molar-refractivity contribution is 7.10. The lowest BCUT2D eigenvalue weighted by molar-refractivity contribution is -0.137. The molecule has 196 valence electrons. The topological polar surface area (TPSA) is 146 Å². The SMILES string of the molecule is C=CC(=O)OCCN(CCOC(=O)C=C)c1ccc(NNc2snc(C)c2C#N)c(NC(=O)C(C)C)c1. The molecular formula is C25H30N6O5S. The van der Waals surface area contributed by atoms with Crippen LogP contribution >= 0.6 is 11.5 Å². The van der Waals surface area contributed by atoms with Gasteiger partial charge in [0.15, 0.2) is 0 Å². The molecule has 0 saturated heterocycles. The molecule has 0 aliphatic carbocycles. The minimum atomic E-state index is -0.552. The Labute approximate surface area is 219 Å². The van der Waals surface area contributed by atoms with Crippen molar-refractivity contribution in [1.29, 1.82) is 5.26 Å². The van der Waals surface area contributed by atoms with E-state index in [9.17, 15) is 19.6 Å². The summed E-state index contributed by atoms with van der Waals surface area (Å²) in [6, 6.07) is 7.40. The quantitative estimate of drug-likeness (QED) is 0.189. The van der Waals surface area contributed by atoms with E-state index in [0.29, 0.717) is 46.4 Å². The molecule has 0 unspecified atom stereocenters. The molecule has 0 aliphatic heterocycles. The van der Waals surface area contributed by atoms with Crippen LogP contribution in [0.4, 0.5) is 22.1 Å². The van der Waals surface area contributed by atoms with Crippen LogP contribution in [0.15, 0.2) is 43.5 Å². The summed E-state index contributed by atoms with van der Waals surface area (Å²) in [5.41, 5.74) is 8.76. The van der Waals surface area contributed by atoms with Crippen molar-refractivity contribution in [2.45, 2.75) is 20.8 Å². The summed E-state index contributed by atoms with van der Waals surface area (Å²) in [5, 5.41) is 12.8. The van der Waals surface area contributed by atoms with Gasteiger partial charge in [0.2, 0.25) is 5.91 Å². The molecule has 1 aromatic carbocycles. The molecule has 0 bridgehead atoms. The molecule has 0 atom stereocenters. The van der Waals surface area contributed by atoms with Crippen LogP contribution in [0.5, 0.6) is 0 Å². The summed E-state index contributed by atoms with van der Waals surface area (Å²) >= 11 is 1.14. The Morgan fingerprint density at radius 2 is 1.73 bits per heavy atom.